The fourth-order valence-electron chi connectivity index (χ4n) is 3.71. The Labute approximate surface area is 192 Å². The molecule has 2 amide bonds. The highest BCUT2D eigenvalue weighted by atomic mass is 19.3. The Hall–Kier alpha value is -3.23. The average molecular weight is 464 g/mol. The molecule has 0 aliphatic heterocycles. The molecular formula is C24H31F2N3O4. The molecule has 2 rings (SSSR count). The van der Waals surface area contributed by atoms with Crippen molar-refractivity contribution in [3.05, 3.63) is 53.1 Å². The second-order valence-corrected chi connectivity index (χ2v) is 8.44. The van der Waals surface area contributed by atoms with Crippen LogP contribution in [-0.2, 0) is 9.53 Å². The van der Waals surface area contributed by atoms with Gasteiger partial charge in [-0.3, -0.25) is 14.7 Å². The zero-order valence-electron chi connectivity index (χ0n) is 19.3. The summed E-state index contributed by atoms with van der Waals surface area (Å²) in [6, 6.07) is 6.93. The molecule has 1 aromatic carbocycles. The number of carboxylic acids is 1. The minimum Gasteiger partial charge on any atom is -0.481 e. The lowest BCUT2D eigenvalue weighted by molar-refractivity contribution is -0.146. The molecule has 0 atom stereocenters. The standard InChI is InChI=1S/C24H31F2N3O4/c1-14(2)19-8-6-7-9-20(19)29(13-17-11-18(12-17)22(30)31)24(32)28-16(4)21(33-23(25)26)10-15(3)27-5/h6-10,14,17-18,23H,5,11-13H2,1-4H3,(H,28,32)(H,30,31)/b15-10-,21-16-/t17-,18-. The topological polar surface area (TPSA) is 91.2 Å². The van der Waals surface area contributed by atoms with Crippen LogP contribution >= 0.6 is 0 Å². The first-order valence-electron chi connectivity index (χ1n) is 10.7. The first-order chi connectivity index (χ1) is 15.5. The molecule has 1 aliphatic carbocycles. The summed E-state index contributed by atoms with van der Waals surface area (Å²) in [5, 5.41) is 11.8. The number of benzene rings is 1. The minimum atomic E-state index is -3.08. The van der Waals surface area contributed by atoms with Crippen molar-refractivity contribution in [3.8, 4) is 0 Å². The number of carbonyl (C=O) groups is 2. The summed E-state index contributed by atoms with van der Waals surface area (Å²) < 4.78 is 30.4. The van der Waals surface area contributed by atoms with Crippen LogP contribution in [0.4, 0.5) is 19.3 Å². The number of carbonyl (C=O) groups excluding carboxylic acids is 1. The number of alkyl halides is 2. The third kappa shape index (κ3) is 7.13. The number of carboxylic acid groups (broad SMARTS) is 1. The lowest BCUT2D eigenvalue weighted by atomic mass is 9.74. The van der Waals surface area contributed by atoms with Gasteiger partial charge in [0.2, 0.25) is 0 Å². The van der Waals surface area contributed by atoms with Crippen LogP contribution in [0.5, 0.6) is 0 Å². The Kier molecular flexibility index (Phi) is 9.13. The van der Waals surface area contributed by atoms with E-state index < -0.39 is 24.5 Å². The summed E-state index contributed by atoms with van der Waals surface area (Å²) >= 11 is 0. The third-order valence-electron chi connectivity index (χ3n) is 5.59. The fourth-order valence-corrected chi connectivity index (χ4v) is 3.71. The summed E-state index contributed by atoms with van der Waals surface area (Å²) in [7, 11) is 0. The number of ether oxygens (including phenoxy) is 1. The van der Waals surface area contributed by atoms with Gasteiger partial charge in [-0.2, -0.15) is 8.78 Å². The number of hydrogen-bond acceptors (Lipinski definition) is 4. The van der Waals surface area contributed by atoms with Gasteiger partial charge in [-0.25, -0.2) is 4.79 Å². The van der Waals surface area contributed by atoms with Gasteiger partial charge in [0.25, 0.3) is 0 Å². The van der Waals surface area contributed by atoms with Crippen molar-refractivity contribution in [2.75, 3.05) is 11.4 Å². The zero-order chi connectivity index (χ0) is 24.7. The van der Waals surface area contributed by atoms with Crippen LogP contribution in [0.1, 0.15) is 52.0 Å². The van der Waals surface area contributed by atoms with E-state index in [4.69, 9.17) is 0 Å². The molecule has 9 heteroatoms. The van der Waals surface area contributed by atoms with Crippen LogP contribution in [0.2, 0.25) is 0 Å². The number of anilines is 1. The van der Waals surface area contributed by atoms with E-state index in [1.807, 2.05) is 38.1 Å². The van der Waals surface area contributed by atoms with Crippen LogP contribution in [0, 0.1) is 11.8 Å². The minimum absolute atomic E-state index is 0.0187. The van der Waals surface area contributed by atoms with E-state index in [9.17, 15) is 23.5 Å². The van der Waals surface area contributed by atoms with Gasteiger partial charge in [-0.15, -0.1) is 0 Å². The van der Waals surface area contributed by atoms with E-state index >= 15 is 0 Å². The molecule has 33 heavy (non-hydrogen) atoms. The number of hydrogen-bond donors (Lipinski definition) is 2. The molecule has 1 fully saturated rings. The van der Waals surface area contributed by atoms with E-state index in [1.54, 1.807) is 11.8 Å². The predicted octanol–water partition coefficient (Wildman–Crippen LogP) is 5.51. The Morgan fingerprint density at radius 2 is 1.94 bits per heavy atom. The molecule has 0 aromatic heterocycles. The van der Waals surface area contributed by atoms with Gasteiger partial charge in [-0.05, 0) is 56.9 Å². The quantitative estimate of drug-likeness (QED) is 0.272. The monoisotopic (exact) mass is 463 g/mol. The molecule has 1 saturated carbocycles. The number of aliphatic carboxylic acids is 1. The maximum Gasteiger partial charge on any atom is 0.387 e. The lowest BCUT2D eigenvalue weighted by Crippen LogP contribution is -2.46. The van der Waals surface area contributed by atoms with Gasteiger partial charge in [0.1, 0.15) is 5.76 Å². The second-order valence-electron chi connectivity index (χ2n) is 8.44. The Balaban J connectivity index is 2.36. The second kappa shape index (κ2) is 11.6. The van der Waals surface area contributed by atoms with E-state index in [0.29, 0.717) is 30.8 Å². The molecule has 0 radical (unpaired) electrons. The van der Waals surface area contributed by atoms with Crippen LogP contribution < -0.4 is 10.2 Å². The maximum absolute atomic E-state index is 13.3. The van der Waals surface area contributed by atoms with Crippen molar-refractivity contribution >= 4 is 24.4 Å². The van der Waals surface area contributed by atoms with Crippen LogP contribution in [0.25, 0.3) is 0 Å². The Morgan fingerprint density at radius 3 is 2.48 bits per heavy atom. The molecule has 0 heterocycles. The number of aliphatic imine (C=N–C) groups is 1. The molecule has 180 valence electrons. The Bertz CT molecular complexity index is 937. The van der Waals surface area contributed by atoms with Gasteiger partial charge >= 0.3 is 18.6 Å². The number of amides is 2. The summed E-state index contributed by atoms with van der Waals surface area (Å²) in [6.45, 7) is 7.62. The van der Waals surface area contributed by atoms with Crippen molar-refractivity contribution in [2.24, 2.45) is 16.8 Å². The zero-order valence-corrected chi connectivity index (χ0v) is 19.3. The number of rotatable bonds is 10. The van der Waals surface area contributed by atoms with Crippen LogP contribution in [0.3, 0.4) is 0 Å². The molecule has 0 saturated heterocycles. The Morgan fingerprint density at radius 1 is 1.30 bits per heavy atom. The molecule has 0 spiro atoms. The van der Waals surface area contributed by atoms with Crippen LogP contribution in [-0.4, -0.2) is 37.0 Å². The average Bonchev–Trinajstić information content (AvgIpc) is 2.71. The van der Waals surface area contributed by atoms with Gasteiger partial charge in [0.05, 0.1) is 11.6 Å². The fraction of sp³-hybridized carbons (Fsp3) is 0.458. The number of allylic oxidation sites excluding steroid dienone is 3. The summed E-state index contributed by atoms with van der Waals surface area (Å²) in [6.07, 6.45) is 2.22. The predicted molar refractivity (Wildman–Crippen MR) is 123 cm³/mol. The van der Waals surface area contributed by atoms with Gasteiger partial charge in [0, 0.05) is 24.0 Å². The van der Waals surface area contributed by atoms with E-state index in [0.717, 1.165) is 5.56 Å². The van der Waals surface area contributed by atoms with Gasteiger partial charge < -0.3 is 15.2 Å². The smallest absolute Gasteiger partial charge is 0.387 e. The molecule has 0 unspecified atom stereocenters. The van der Waals surface area contributed by atoms with Crippen molar-refractivity contribution in [3.63, 3.8) is 0 Å². The molecule has 1 aliphatic rings. The van der Waals surface area contributed by atoms with Crippen molar-refractivity contribution in [2.45, 2.75) is 53.1 Å². The number of halogens is 2. The number of nitrogens with zero attached hydrogens (tertiary/aromatic N) is 2. The van der Waals surface area contributed by atoms with Crippen LogP contribution in [0.15, 0.2) is 52.5 Å². The largest absolute Gasteiger partial charge is 0.481 e. The normalized spacial score (nSPS) is 19.0. The molecule has 0 bridgehead atoms. The first kappa shape index (κ1) is 26.0. The van der Waals surface area contributed by atoms with Crippen molar-refractivity contribution in [1.82, 2.24) is 5.32 Å². The summed E-state index contributed by atoms with van der Waals surface area (Å²) in [4.78, 5) is 29.7. The molecule has 2 N–H and O–H groups in total. The highest BCUT2D eigenvalue weighted by Gasteiger charge is 2.37. The molecule has 7 nitrogen and oxygen atoms in total. The van der Waals surface area contributed by atoms with E-state index in [1.165, 1.54) is 13.0 Å². The highest BCUT2D eigenvalue weighted by Crippen LogP contribution is 2.37. The first-order valence-corrected chi connectivity index (χ1v) is 10.7. The SMILES string of the molecule is C=N/C(C)=C\C(OC(F)F)=C(/C)NC(=O)N(C[C@H]1C[C@H](C(=O)O)C1)c1ccccc1C(C)C. The molecular weight excluding hydrogens is 432 g/mol. The van der Waals surface area contributed by atoms with E-state index in [-0.39, 0.29) is 23.3 Å². The number of urea groups is 1. The van der Waals surface area contributed by atoms with Gasteiger partial charge in [-0.1, -0.05) is 32.0 Å². The van der Waals surface area contributed by atoms with E-state index in [2.05, 4.69) is 21.8 Å². The highest BCUT2D eigenvalue weighted by molar-refractivity contribution is 5.94. The maximum atomic E-state index is 13.3. The number of nitrogens with one attached hydrogen (secondary N) is 1. The van der Waals surface area contributed by atoms with Crippen molar-refractivity contribution < 1.29 is 28.2 Å². The lowest BCUT2D eigenvalue weighted by Gasteiger charge is -2.37. The number of para-hydroxylation sites is 1. The summed E-state index contributed by atoms with van der Waals surface area (Å²) in [5.74, 6) is -1.33. The third-order valence-corrected chi connectivity index (χ3v) is 5.59. The summed E-state index contributed by atoms with van der Waals surface area (Å²) in [5.41, 5.74) is 2.06. The molecule has 1 aromatic rings. The van der Waals surface area contributed by atoms with Gasteiger partial charge in [0.15, 0.2) is 0 Å². The van der Waals surface area contributed by atoms with Crippen molar-refractivity contribution in [1.29, 1.82) is 0 Å².